The molecule has 7 nitrogen and oxygen atoms in total. The first-order valence-corrected chi connectivity index (χ1v) is 9.71. The molecule has 1 aliphatic carbocycles. The monoisotopic (exact) mass is 371 g/mol. The summed E-state index contributed by atoms with van der Waals surface area (Å²) in [6.45, 7) is 0. The molecule has 0 spiro atoms. The van der Waals surface area contributed by atoms with Crippen LogP contribution in [0.2, 0.25) is 0 Å². The zero-order valence-electron chi connectivity index (χ0n) is 15.5. The van der Waals surface area contributed by atoms with Crippen molar-refractivity contribution in [2.45, 2.75) is 38.0 Å². The molecule has 1 saturated carbocycles. The summed E-state index contributed by atoms with van der Waals surface area (Å²) < 4.78 is 2.02. The molecule has 0 saturated heterocycles. The Morgan fingerprint density at radius 2 is 1.82 bits per heavy atom. The molecule has 5 rings (SSSR count). The van der Waals surface area contributed by atoms with Gasteiger partial charge in [0.05, 0.1) is 23.9 Å². The van der Waals surface area contributed by atoms with Crippen molar-refractivity contribution in [3.63, 3.8) is 0 Å². The Morgan fingerprint density at radius 3 is 2.54 bits per heavy atom. The van der Waals surface area contributed by atoms with Gasteiger partial charge < -0.3 is 4.57 Å². The summed E-state index contributed by atoms with van der Waals surface area (Å²) >= 11 is 0. The van der Waals surface area contributed by atoms with E-state index in [2.05, 4.69) is 43.8 Å². The molecule has 1 fully saturated rings. The van der Waals surface area contributed by atoms with Crippen LogP contribution >= 0.6 is 0 Å². The number of H-pyrrole nitrogens is 1. The molecule has 3 heterocycles. The second-order valence-electron chi connectivity index (χ2n) is 7.25. The molecule has 140 valence electrons. The maximum absolute atomic E-state index is 4.87. The van der Waals surface area contributed by atoms with Crippen LogP contribution in [0.3, 0.4) is 0 Å². The summed E-state index contributed by atoms with van der Waals surface area (Å²) in [4.78, 5) is 9.05. The van der Waals surface area contributed by atoms with Crippen molar-refractivity contribution in [1.29, 1.82) is 0 Å². The van der Waals surface area contributed by atoms with Crippen molar-refractivity contribution in [1.82, 2.24) is 35.2 Å². The van der Waals surface area contributed by atoms with Crippen LogP contribution in [0.15, 0.2) is 55.2 Å². The number of nitrogens with one attached hydrogen (secondary N) is 1. The molecule has 0 radical (unpaired) electrons. The molecule has 0 bridgehead atoms. The minimum atomic E-state index is 0.552. The molecule has 1 N–H and O–H groups in total. The number of imidazole rings is 1. The van der Waals surface area contributed by atoms with Gasteiger partial charge in [-0.2, -0.15) is 5.21 Å². The van der Waals surface area contributed by atoms with Gasteiger partial charge in [-0.25, -0.2) is 4.98 Å². The van der Waals surface area contributed by atoms with E-state index in [-0.39, 0.29) is 0 Å². The molecule has 1 aliphatic rings. The number of rotatable bonds is 4. The first kappa shape index (κ1) is 16.8. The lowest BCUT2D eigenvalue weighted by Crippen LogP contribution is -2.08. The summed E-state index contributed by atoms with van der Waals surface area (Å²) in [5.74, 6) is 1.15. The minimum Gasteiger partial charge on any atom is -0.305 e. The van der Waals surface area contributed by atoms with Crippen LogP contribution in [-0.4, -0.2) is 35.2 Å². The topological polar surface area (TPSA) is 85.2 Å². The van der Waals surface area contributed by atoms with Crippen molar-refractivity contribution in [2.24, 2.45) is 0 Å². The third-order valence-corrected chi connectivity index (χ3v) is 5.51. The van der Waals surface area contributed by atoms with Crippen LogP contribution in [0.1, 0.15) is 43.6 Å². The standard InChI is InChI=1S/C21H21N7/c1-2-4-15(5-3-1)19-12-18(28-11-10-22-14-28)13-23-20(19)16-6-8-17(9-7-16)21-24-26-27-25-21/h6-15H,1-5H2,(H,24,25,26,27). The fourth-order valence-corrected chi connectivity index (χ4v) is 4.05. The summed E-state index contributed by atoms with van der Waals surface area (Å²) in [5.41, 5.74) is 5.51. The number of aromatic nitrogens is 7. The van der Waals surface area contributed by atoms with Gasteiger partial charge in [0.1, 0.15) is 0 Å². The van der Waals surface area contributed by atoms with Gasteiger partial charge in [-0.1, -0.05) is 43.5 Å². The van der Waals surface area contributed by atoms with Crippen LogP contribution in [0.4, 0.5) is 0 Å². The Labute approximate surface area is 162 Å². The lowest BCUT2D eigenvalue weighted by atomic mass is 9.82. The maximum Gasteiger partial charge on any atom is 0.204 e. The van der Waals surface area contributed by atoms with Gasteiger partial charge in [0, 0.05) is 23.5 Å². The molecular formula is C21H21N7. The summed E-state index contributed by atoms with van der Waals surface area (Å²) in [5, 5.41) is 14.2. The first-order chi connectivity index (χ1) is 13.9. The van der Waals surface area contributed by atoms with E-state index in [9.17, 15) is 0 Å². The Morgan fingerprint density at radius 1 is 1.00 bits per heavy atom. The quantitative estimate of drug-likeness (QED) is 0.582. The van der Waals surface area contributed by atoms with Crippen LogP contribution in [-0.2, 0) is 0 Å². The van der Waals surface area contributed by atoms with Gasteiger partial charge >= 0.3 is 0 Å². The highest BCUT2D eigenvalue weighted by Gasteiger charge is 2.21. The fraction of sp³-hybridized carbons (Fsp3) is 0.286. The van der Waals surface area contributed by atoms with E-state index in [0.29, 0.717) is 11.7 Å². The molecule has 0 amide bonds. The molecular weight excluding hydrogens is 350 g/mol. The first-order valence-electron chi connectivity index (χ1n) is 9.71. The summed E-state index contributed by atoms with van der Waals surface area (Å²) in [6.07, 6.45) is 13.9. The van der Waals surface area contributed by atoms with Crippen LogP contribution in [0, 0.1) is 0 Å². The number of benzene rings is 1. The van der Waals surface area contributed by atoms with Gasteiger partial charge in [0.2, 0.25) is 5.82 Å². The van der Waals surface area contributed by atoms with Crippen LogP contribution in [0.5, 0.6) is 0 Å². The highest BCUT2D eigenvalue weighted by Crippen LogP contribution is 2.38. The second-order valence-corrected chi connectivity index (χ2v) is 7.25. The van der Waals surface area contributed by atoms with E-state index in [1.807, 2.05) is 35.4 Å². The minimum absolute atomic E-state index is 0.552. The van der Waals surface area contributed by atoms with E-state index in [4.69, 9.17) is 4.98 Å². The van der Waals surface area contributed by atoms with E-state index >= 15 is 0 Å². The van der Waals surface area contributed by atoms with E-state index in [0.717, 1.165) is 22.5 Å². The SMILES string of the molecule is c1cn(-c2cnc(-c3ccc(-c4nn[nH]n4)cc3)c(C3CCCCC3)c2)cn1. The van der Waals surface area contributed by atoms with Gasteiger partial charge in [0.15, 0.2) is 0 Å². The number of hydrogen-bond donors (Lipinski definition) is 1. The summed E-state index contributed by atoms with van der Waals surface area (Å²) in [6, 6.07) is 10.5. The third-order valence-electron chi connectivity index (χ3n) is 5.51. The molecule has 4 aromatic rings. The van der Waals surface area contributed by atoms with Gasteiger partial charge in [0.25, 0.3) is 0 Å². The Bertz CT molecular complexity index is 1030. The number of hydrogen-bond acceptors (Lipinski definition) is 5. The normalized spacial score (nSPS) is 15.0. The number of pyridine rings is 1. The maximum atomic E-state index is 4.87. The van der Waals surface area contributed by atoms with Crippen molar-refractivity contribution in [3.05, 3.63) is 60.8 Å². The molecule has 7 heteroatoms. The molecule has 1 aromatic carbocycles. The van der Waals surface area contributed by atoms with Crippen LogP contribution in [0.25, 0.3) is 28.3 Å². The largest absolute Gasteiger partial charge is 0.305 e. The predicted molar refractivity (Wildman–Crippen MR) is 106 cm³/mol. The molecule has 3 aromatic heterocycles. The van der Waals surface area contributed by atoms with Crippen molar-refractivity contribution < 1.29 is 0 Å². The Hall–Kier alpha value is -3.35. The zero-order valence-corrected chi connectivity index (χ0v) is 15.5. The van der Waals surface area contributed by atoms with Gasteiger partial charge in [-0.05, 0) is 35.6 Å². The molecule has 28 heavy (non-hydrogen) atoms. The highest BCUT2D eigenvalue weighted by atomic mass is 15.5. The van der Waals surface area contributed by atoms with Gasteiger partial charge in [-0.15, -0.1) is 10.2 Å². The lowest BCUT2D eigenvalue weighted by Gasteiger charge is -2.24. The molecule has 0 aliphatic heterocycles. The van der Waals surface area contributed by atoms with E-state index in [1.165, 1.54) is 37.7 Å². The molecule has 0 atom stereocenters. The number of tetrazole rings is 1. The van der Waals surface area contributed by atoms with Gasteiger partial charge in [-0.3, -0.25) is 4.98 Å². The van der Waals surface area contributed by atoms with Crippen molar-refractivity contribution >= 4 is 0 Å². The lowest BCUT2D eigenvalue weighted by molar-refractivity contribution is 0.443. The smallest absolute Gasteiger partial charge is 0.204 e. The second kappa shape index (κ2) is 7.34. The average Bonchev–Trinajstić information content (AvgIpc) is 3.49. The number of nitrogens with zero attached hydrogens (tertiary/aromatic N) is 6. The van der Waals surface area contributed by atoms with Crippen LogP contribution < -0.4 is 0 Å². The zero-order chi connectivity index (χ0) is 18.8. The molecule has 0 unspecified atom stereocenters. The number of aromatic amines is 1. The van der Waals surface area contributed by atoms with E-state index in [1.54, 1.807) is 6.20 Å². The van der Waals surface area contributed by atoms with E-state index < -0.39 is 0 Å². The van der Waals surface area contributed by atoms with Crippen molar-refractivity contribution in [2.75, 3.05) is 0 Å². The fourth-order valence-electron chi connectivity index (χ4n) is 4.05. The summed E-state index contributed by atoms with van der Waals surface area (Å²) in [7, 11) is 0. The van der Waals surface area contributed by atoms with Crippen molar-refractivity contribution in [3.8, 4) is 28.3 Å². The Balaban J connectivity index is 1.55. The highest BCUT2D eigenvalue weighted by molar-refractivity contribution is 5.68. The predicted octanol–water partition coefficient (Wildman–Crippen LogP) is 4.16. The third kappa shape index (κ3) is 3.19. The average molecular weight is 371 g/mol. The Kier molecular flexibility index (Phi) is 4.40.